The van der Waals surface area contributed by atoms with E-state index in [-0.39, 0.29) is 22.3 Å². The first-order chi connectivity index (χ1) is 20.7. The van der Waals surface area contributed by atoms with Crippen molar-refractivity contribution in [2.24, 2.45) is 7.05 Å². The number of amides is 2. The molecule has 1 aliphatic heterocycles. The number of nitrogens with one attached hydrogen (secondary N) is 3. The number of hydrogen-bond acceptors (Lipinski definition) is 9. The number of methoxy groups -OCH3 is 1. The topological polar surface area (TPSA) is 152 Å². The SMILES string of the molecule is CNc1ccc(C(=O)Nc2cc(N3CCN(C(=O)c4c(-c5ccccc5OC)nnn4C)CC3)c(Cl)cc2[NH+]([O-])O)cc1. The second kappa shape index (κ2) is 12.7. The number of anilines is 3. The molecular formula is C29H31ClN8O5. The monoisotopic (exact) mass is 606 g/mol. The number of aryl methyl sites for hydroxylation is 1. The van der Waals surface area contributed by atoms with Crippen LogP contribution >= 0.6 is 11.6 Å². The Balaban J connectivity index is 1.34. The standard InChI is InChI=1S/C29H31ClN8O5/c1-31-19-10-8-18(9-11-19)28(39)32-22-17-23(21(30)16-24(22)38(41)42)36-12-14-37(15-13-36)29(40)27-26(33-34-35(27)2)20-6-4-5-7-25(20)43-3/h4-11,16-17,31,38,41H,12-15H2,1-3H3,(H,32,39). The fraction of sp³-hybridized carbons (Fsp3) is 0.241. The molecule has 1 saturated heterocycles. The van der Waals surface area contributed by atoms with Gasteiger partial charge in [-0.05, 0) is 42.5 Å². The minimum absolute atomic E-state index is 0.121. The molecule has 43 heavy (non-hydrogen) atoms. The average Bonchev–Trinajstić information content (AvgIpc) is 3.42. The summed E-state index contributed by atoms with van der Waals surface area (Å²) in [6.45, 7) is 1.58. The fourth-order valence-electron chi connectivity index (χ4n) is 4.99. The van der Waals surface area contributed by atoms with Gasteiger partial charge >= 0.3 is 0 Å². The van der Waals surface area contributed by atoms with Crippen LogP contribution in [-0.2, 0) is 7.05 Å². The minimum atomic E-state index is -1.22. The van der Waals surface area contributed by atoms with Crippen molar-refractivity contribution in [3.05, 3.63) is 82.2 Å². The maximum atomic E-state index is 13.7. The van der Waals surface area contributed by atoms with Crippen LogP contribution in [0.3, 0.4) is 0 Å². The Morgan fingerprint density at radius 2 is 1.77 bits per heavy atom. The summed E-state index contributed by atoms with van der Waals surface area (Å²) in [7, 11) is 5.00. The summed E-state index contributed by atoms with van der Waals surface area (Å²) in [5.41, 5.74) is 3.19. The molecule has 1 fully saturated rings. The predicted octanol–water partition coefficient (Wildman–Crippen LogP) is 2.80. The molecule has 0 bridgehead atoms. The van der Waals surface area contributed by atoms with Crippen LogP contribution in [0.5, 0.6) is 5.75 Å². The summed E-state index contributed by atoms with van der Waals surface area (Å²) in [5, 5.41) is 34.8. The van der Waals surface area contributed by atoms with Crippen LogP contribution in [-0.4, -0.2) is 77.3 Å². The van der Waals surface area contributed by atoms with E-state index in [1.54, 1.807) is 62.5 Å². The van der Waals surface area contributed by atoms with Crippen molar-refractivity contribution in [3.63, 3.8) is 0 Å². The largest absolute Gasteiger partial charge is 0.595 e. The van der Waals surface area contributed by atoms with Crippen LogP contribution in [0, 0.1) is 5.21 Å². The first-order valence-corrected chi connectivity index (χ1v) is 13.8. The van der Waals surface area contributed by atoms with E-state index < -0.39 is 11.1 Å². The number of carbonyl (C=O) groups is 2. The van der Waals surface area contributed by atoms with E-state index in [0.717, 1.165) is 5.69 Å². The third-order valence-electron chi connectivity index (χ3n) is 7.30. The quantitative estimate of drug-likeness (QED) is 0.222. The van der Waals surface area contributed by atoms with Crippen molar-refractivity contribution < 1.29 is 24.8 Å². The van der Waals surface area contributed by atoms with Gasteiger partial charge in [-0.25, -0.2) is 9.89 Å². The average molecular weight is 607 g/mol. The Morgan fingerprint density at radius 1 is 1.07 bits per heavy atom. The maximum absolute atomic E-state index is 13.7. The van der Waals surface area contributed by atoms with Crippen molar-refractivity contribution in [1.29, 1.82) is 0 Å². The number of para-hydroxylation sites is 1. The lowest BCUT2D eigenvalue weighted by Crippen LogP contribution is -2.99. The summed E-state index contributed by atoms with van der Waals surface area (Å²) in [6, 6.07) is 17.0. The second-order valence-corrected chi connectivity index (χ2v) is 10.2. The van der Waals surface area contributed by atoms with Gasteiger partial charge in [0.25, 0.3) is 11.8 Å². The molecule has 0 radical (unpaired) electrons. The smallest absolute Gasteiger partial charge is 0.274 e. The second-order valence-electron chi connectivity index (χ2n) is 9.83. The Bertz CT molecular complexity index is 1630. The van der Waals surface area contributed by atoms with Crippen LogP contribution in [0.15, 0.2) is 60.7 Å². The van der Waals surface area contributed by atoms with Gasteiger partial charge in [0.1, 0.15) is 17.1 Å². The summed E-state index contributed by atoms with van der Waals surface area (Å²) in [4.78, 5) is 30.3. The molecule has 13 nitrogen and oxygen atoms in total. The molecule has 14 heteroatoms. The highest BCUT2D eigenvalue weighted by atomic mass is 35.5. The zero-order valence-corrected chi connectivity index (χ0v) is 24.6. The maximum Gasteiger partial charge on any atom is 0.274 e. The first-order valence-electron chi connectivity index (χ1n) is 13.4. The molecule has 4 N–H and O–H groups in total. The number of aromatic nitrogens is 3. The van der Waals surface area contributed by atoms with E-state index in [4.69, 9.17) is 16.3 Å². The van der Waals surface area contributed by atoms with Gasteiger partial charge in [-0.2, -0.15) is 5.23 Å². The van der Waals surface area contributed by atoms with E-state index >= 15 is 0 Å². The molecule has 0 spiro atoms. The van der Waals surface area contributed by atoms with Crippen molar-refractivity contribution in [1.82, 2.24) is 19.9 Å². The highest BCUT2D eigenvalue weighted by molar-refractivity contribution is 6.33. The Labute approximate surface area is 252 Å². The lowest BCUT2D eigenvalue weighted by atomic mass is 10.1. The van der Waals surface area contributed by atoms with E-state index in [1.165, 1.54) is 10.7 Å². The Morgan fingerprint density at radius 3 is 2.42 bits per heavy atom. The van der Waals surface area contributed by atoms with E-state index in [2.05, 4.69) is 20.9 Å². The first kappa shape index (κ1) is 29.8. The third-order valence-corrected chi connectivity index (χ3v) is 7.60. The van der Waals surface area contributed by atoms with Crippen LogP contribution in [0.2, 0.25) is 5.02 Å². The minimum Gasteiger partial charge on any atom is -0.595 e. The number of rotatable bonds is 8. The zero-order chi connectivity index (χ0) is 30.7. The molecule has 1 atom stereocenters. The van der Waals surface area contributed by atoms with Crippen LogP contribution < -0.4 is 25.5 Å². The van der Waals surface area contributed by atoms with Gasteiger partial charge in [0, 0.05) is 63.2 Å². The van der Waals surface area contributed by atoms with E-state index in [0.29, 0.717) is 60.1 Å². The number of benzene rings is 3. The number of halogens is 1. The molecule has 0 aliphatic carbocycles. The van der Waals surface area contributed by atoms with Crippen molar-refractivity contribution in [2.75, 3.05) is 55.9 Å². The van der Waals surface area contributed by atoms with Crippen LogP contribution in [0.25, 0.3) is 11.3 Å². The molecule has 3 aromatic carbocycles. The van der Waals surface area contributed by atoms with E-state index in [9.17, 15) is 20.0 Å². The van der Waals surface area contributed by atoms with Gasteiger partial charge in [0.05, 0.1) is 17.8 Å². The molecule has 0 saturated carbocycles. The lowest BCUT2D eigenvalue weighted by molar-refractivity contribution is -0.990. The Hall–Kier alpha value is -4.69. The molecule has 2 amide bonds. The molecule has 1 unspecified atom stereocenters. The molecule has 5 rings (SSSR count). The lowest BCUT2D eigenvalue weighted by Gasteiger charge is -2.36. The number of hydrogen-bond donors (Lipinski definition) is 4. The highest BCUT2D eigenvalue weighted by Crippen LogP contribution is 2.35. The molecule has 224 valence electrons. The van der Waals surface area contributed by atoms with Crippen LogP contribution in [0.1, 0.15) is 20.8 Å². The van der Waals surface area contributed by atoms with Gasteiger partial charge in [-0.3, -0.25) is 9.59 Å². The highest BCUT2D eigenvalue weighted by Gasteiger charge is 2.30. The van der Waals surface area contributed by atoms with Crippen molar-refractivity contribution in [2.45, 2.75) is 0 Å². The summed E-state index contributed by atoms with van der Waals surface area (Å²) in [5.74, 6) is -0.0960. The van der Waals surface area contributed by atoms with Gasteiger partial charge in [0.2, 0.25) is 0 Å². The summed E-state index contributed by atoms with van der Waals surface area (Å²) in [6.07, 6.45) is 0. The summed E-state index contributed by atoms with van der Waals surface area (Å²) < 4.78 is 6.93. The molecule has 4 aromatic rings. The number of nitrogens with zero attached hydrogens (tertiary/aromatic N) is 5. The van der Waals surface area contributed by atoms with E-state index in [1.807, 2.05) is 23.1 Å². The van der Waals surface area contributed by atoms with Crippen LogP contribution in [0.4, 0.5) is 22.7 Å². The third kappa shape index (κ3) is 6.10. The van der Waals surface area contributed by atoms with Crippen molar-refractivity contribution in [3.8, 4) is 17.0 Å². The Kier molecular flexibility index (Phi) is 8.78. The number of ether oxygens (including phenoxy) is 1. The fourth-order valence-corrected chi connectivity index (χ4v) is 5.27. The zero-order valence-electron chi connectivity index (χ0n) is 23.8. The summed E-state index contributed by atoms with van der Waals surface area (Å²) >= 11 is 6.55. The van der Waals surface area contributed by atoms with Gasteiger partial charge in [0.15, 0.2) is 11.4 Å². The van der Waals surface area contributed by atoms with Gasteiger partial charge < -0.3 is 30.4 Å². The number of carbonyl (C=O) groups excluding carboxylic acids is 2. The number of piperazine rings is 1. The normalized spacial score (nSPS) is 13.9. The molecule has 1 aromatic heterocycles. The molecule has 1 aliphatic rings. The predicted molar refractivity (Wildman–Crippen MR) is 162 cm³/mol. The number of quaternary nitrogens is 1. The molecule has 2 heterocycles. The van der Waals surface area contributed by atoms with Crippen molar-refractivity contribution >= 4 is 46.2 Å². The van der Waals surface area contributed by atoms with Gasteiger partial charge in [-0.1, -0.05) is 28.9 Å². The van der Waals surface area contributed by atoms with Gasteiger partial charge in [-0.15, -0.1) is 5.10 Å². The molecular weight excluding hydrogens is 576 g/mol.